The second-order valence-corrected chi connectivity index (χ2v) is 8.44. The molecule has 5 atom stereocenters. The van der Waals surface area contributed by atoms with E-state index in [1.807, 2.05) is 31.2 Å². The fourth-order valence-corrected chi connectivity index (χ4v) is 5.90. The lowest BCUT2D eigenvalue weighted by molar-refractivity contribution is -0.199. The number of hydrogen-bond donors (Lipinski definition) is 1. The Kier molecular flexibility index (Phi) is 3.51. The van der Waals surface area contributed by atoms with Gasteiger partial charge in [-0.1, -0.05) is 29.8 Å². The summed E-state index contributed by atoms with van der Waals surface area (Å²) >= 11 is 6.21. The lowest BCUT2D eigenvalue weighted by Crippen LogP contribution is -2.58. The highest BCUT2D eigenvalue weighted by atomic mass is 35.5. The molecule has 4 bridgehead atoms. The van der Waals surface area contributed by atoms with Gasteiger partial charge < -0.3 is 9.84 Å². The van der Waals surface area contributed by atoms with Crippen molar-refractivity contribution >= 4 is 17.6 Å². The number of carbonyl (C=O) groups is 1. The van der Waals surface area contributed by atoms with Crippen LogP contribution in [-0.2, 0) is 9.53 Å². The van der Waals surface area contributed by atoms with Crippen LogP contribution < -0.4 is 0 Å². The van der Waals surface area contributed by atoms with Gasteiger partial charge in [0.25, 0.3) is 0 Å². The molecule has 4 saturated carbocycles. The molecule has 4 heteroatoms. The third-order valence-corrected chi connectivity index (χ3v) is 6.43. The number of benzene rings is 1. The first-order chi connectivity index (χ1) is 10.9. The Labute approximate surface area is 142 Å². The first kappa shape index (κ1) is 15.5. The van der Waals surface area contributed by atoms with E-state index in [4.69, 9.17) is 16.3 Å². The van der Waals surface area contributed by atoms with Gasteiger partial charge in [-0.3, -0.25) is 4.79 Å². The van der Waals surface area contributed by atoms with Gasteiger partial charge in [-0.15, -0.1) is 0 Å². The van der Waals surface area contributed by atoms with E-state index in [1.54, 1.807) is 0 Å². The SMILES string of the molecule is C[C@H](OC(=O)C12C[C@@H]3C[C@@H](CC(O)(C3)C1)C2)c1ccccc1Cl. The van der Waals surface area contributed by atoms with Crippen molar-refractivity contribution in [2.75, 3.05) is 0 Å². The third kappa shape index (κ3) is 2.58. The Hall–Kier alpha value is -1.06. The molecule has 0 spiro atoms. The maximum absolute atomic E-state index is 13.0. The molecule has 1 N–H and O–H groups in total. The average Bonchev–Trinajstić information content (AvgIpc) is 2.44. The predicted octanol–water partition coefficient (Wildman–Crippen LogP) is 4.28. The molecule has 3 nitrogen and oxygen atoms in total. The molecule has 124 valence electrons. The van der Waals surface area contributed by atoms with Crippen molar-refractivity contribution in [2.45, 2.75) is 57.2 Å². The van der Waals surface area contributed by atoms with Crippen LogP contribution in [0.5, 0.6) is 0 Å². The first-order valence-corrected chi connectivity index (χ1v) is 8.95. The number of ether oxygens (including phenoxy) is 1. The van der Waals surface area contributed by atoms with Gasteiger partial charge in [0.2, 0.25) is 0 Å². The summed E-state index contributed by atoms with van der Waals surface area (Å²) in [7, 11) is 0. The van der Waals surface area contributed by atoms with Gasteiger partial charge >= 0.3 is 5.97 Å². The summed E-state index contributed by atoms with van der Waals surface area (Å²) in [5.41, 5.74) is -0.281. The summed E-state index contributed by atoms with van der Waals surface area (Å²) in [5.74, 6) is 0.811. The number of hydrogen-bond acceptors (Lipinski definition) is 3. The summed E-state index contributed by atoms with van der Waals surface area (Å²) in [6, 6.07) is 7.48. The lowest BCUT2D eigenvalue weighted by Gasteiger charge is -2.58. The molecule has 4 aliphatic rings. The van der Waals surface area contributed by atoms with Crippen LogP contribution in [0.4, 0.5) is 0 Å². The van der Waals surface area contributed by atoms with Crippen molar-refractivity contribution < 1.29 is 14.6 Å². The van der Waals surface area contributed by atoms with Gasteiger partial charge in [-0.05, 0) is 63.4 Å². The van der Waals surface area contributed by atoms with Crippen molar-refractivity contribution in [3.05, 3.63) is 34.9 Å². The molecule has 0 amide bonds. The van der Waals surface area contributed by atoms with Crippen LogP contribution >= 0.6 is 11.6 Å². The van der Waals surface area contributed by atoms with Crippen LogP contribution in [0.25, 0.3) is 0 Å². The van der Waals surface area contributed by atoms with E-state index in [0.29, 0.717) is 23.3 Å². The molecule has 0 radical (unpaired) electrons. The van der Waals surface area contributed by atoms with Crippen LogP contribution in [-0.4, -0.2) is 16.7 Å². The van der Waals surface area contributed by atoms with Gasteiger partial charge in [0.05, 0.1) is 11.0 Å². The quantitative estimate of drug-likeness (QED) is 0.839. The Morgan fingerprint density at radius 2 is 1.91 bits per heavy atom. The Balaban J connectivity index is 1.54. The maximum atomic E-state index is 13.0. The van der Waals surface area contributed by atoms with E-state index >= 15 is 0 Å². The minimum absolute atomic E-state index is 0.141. The van der Waals surface area contributed by atoms with Crippen molar-refractivity contribution in [2.24, 2.45) is 17.3 Å². The van der Waals surface area contributed by atoms with Gasteiger partial charge in [-0.2, -0.15) is 0 Å². The zero-order valence-corrected chi connectivity index (χ0v) is 14.2. The number of carbonyl (C=O) groups excluding carboxylic acids is 1. The summed E-state index contributed by atoms with van der Waals surface area (Å²) in [6.45, 7) is 1.87. The zero-order valence-electron chi connectivity index (χ0n) is 13.4. The topological polar surface area (TPSA) is 46.5 Å². The van der Waals surface area contributed by atoms with Crippen LogP contribution in [0.15, 0.2) is 24.3 Å². The van der Waals surface area contributed by atoms with Crippen molar-refractivity contribution in [1.82, 2.24) is 0 Å². The molecule has 1 aromatic rings. The molecule has 4 fully saturated rings. The molecule has 2 unspecified atom stereocenters. The largest absolute Gasteiger partial charge is 0.457 e. The van der Waals surface area contributed by atoms with Crippen LogP contribution in [0.1, 0.15) is 57.1 Å². The fraction of sp³-hybridized carbons (Fsp3) is 0.632. The van der Waals surface area contributed by atoms with Crippen molar-refractivity contribution in [3.8, 4) is 0 Å². The molecular weight excluding hydrogens is 312 g/mol. The highest BCUT2D eigenvalue weighted by Gasteiger charge is 2.61. The lowest BCUT2D eigenvalue weighted by atomic mass is 9.48. The summed E-state index contributed by atoms with van der Waals surface area (Å²) in [5, 5.41) is 11.4. The first-order valence-electron chi connectivity index (χ1n) is 8.57. The van der Waals surface area contributed by atoms with Crippen LogP contribution in [0, 0.1) is 17.3 Å². The number of esters is 1. The van der Waals surface area contributed by atoms with E-state index in [0.717, 1.165) is 37.7 Å². The second kappa shape index (κ2) is 5.22. The van der Waals surface area contributed by atoms with E-state index in [1.165, 1.54) is 0 Å². The summed E-state index contributed by atoms with van der Waals surface area (Å²) < 4.78 is 5.81. The van der Waals surface area contributed by atoms with E-state index < -0.39 is 11.0 Å². The van der Waals surface area contributed by atoms with E-state index in [2.05, 4.69) is 0 Å². The monoisotopic (exact) mass is 334 g/mol. The zero-order chi connectivity index (χ0) is 16.2. The smallest absolute Gasteiger partial charge is 0.312 e. The van der Waals surface area contributed by atoms with Crippen molar-refractivity contribution in [1.29, 1.82) is 0 Å². The van der Waals surface area contributed by atoms with Gasteiger partial charge in [0, 0.05) is 10.6 Å². The molecule has 0 heterocycles. The van der Waals surface area contributed by atoms with Crippen molar-refractivity contribution in [3.63, 3.8) is 0 Å². The molecule has 0 saturated heterocycles. The van der Waals surface area contributed by atoms with E-state index in [-0.39, 0.29) is 12.1 Å². The number of aliphatic hydroxyl groups is 1. The molecule has 4 aliphatic carbocycles. The standard InChI is InChI=1S/C19H23ClO3/c1-12(15-4-2-3-5-16(15)20)23-17(21)18-7-13-6-14(8-18)10-19(22,9-13)11-18/h2-5,12-14,22H,6-11H2,1H3/t12-,13-,14+,18?,19?/m0/s1. The number of rotatable bonds is 3. The van der Waals surface area contributed by atoms with E-state index in [9.17, 15) is 9.90 Å². The Morgan fingerprint density at radius 1 is 1.26 bits per heavy atom. The molecule has 1 aromatic carbocycles. The molecule has 23 heavy (non-hydrogen) atoms. The predicted molar refractivity (Wildman–Crippen MR) is 88.0 cm³/mol. The second-order valence-electron chi connectivity index (χ2n) is 8.03. The molecule has 0 aliphatic heterocycles. The van der Waals surface area contributed by atoms with Gasteiger partial charge in [-0.25, -0.2) is 0 Å². The molecule has 0 aromatic heterocycles. The summed E-state index contributed by atoms with van der Waals surface area (Å²) in [6.07, 6.45) is 4.84. The fourth-order valence-electron chi connectivity index (χ4n) is 5.61. The Morgan fingerprint density at radius 3 is 2.52 bits per heavy atom. The maximum Gasteiger partial charge on any atom is 0.312 e. The summed E-state index contributed by atoms with van der Waals surface area (Å²) in [4.78, 5) is 13.0. The minimum Gasteiger partial charge on any atom is -0.457 e. The van der Waals surface area contributed by atoms with Gasteiger partial charge in [0.15, 0.2) is 0 Å². The normalized spacial score (nSPS) is 39.3. The minimum atomic E-state index is -0.642. The average molecular weight is 335 g/mol. The van der Waals surface area contributed by atoms with Gasteiger partial charge in [0.1, 0.15) is 6.10 Å². The number of halogens is 1. The molecular formula is C19H23ClO3. The molecule has 5 rings (SSSR count). The Bertz CT molecular complexity index is 627. The van der Waals surface area contributed by atoms with Crippen LogP contribution in [0.2, 0.25) is 5.02 Å². The highest BCUT2D eigenvalue weighted by Crippen LogP contribution is 2.62. The third-order valence-electron chi connectivity index (χ3n) is 6.09. The van der Waals surface area contributed by atoms with Crippen LogP contribution in [0.3, 0.4) is 0 Å². The highest BCUT2D eigenvalue weighted by molar-refractivity contribution is 6.31.